The van der Waals surface area contributed by atoms with E-state index in [0.29, 0.717) is 26.9 Å². The smallest absolute Gasteiger partial charge is 0.255 e. The second-order valence-electron chi connectivity index (χ2n) is 4.86. The van der Waals surface area contributed by atoms with Gasteiger partial charge in [-0.25, -0.2) is 0 Å². The highest BCUT2D eigenvalue weighted by molar-refractivity contribution is 6.34. The molecule has 0 spiro atoms. The Labute approximate surface area is 138 Å². The van der Waals surface area contributed by atoms with Crippen LogP contribution in [-0.4, -0.2) is 30.8 Å². The lowest BCUT2D eigenvalue weighted by molar-refractivity contribution is 0.0827. The Kier molecular flexibility index (Phi) is 5.06. The summed E-state index contributed by atoms with van der Waals surface area (Å²) < 4.78 is 0. The molecule has 1 N–H and O–H groups in total. The summed E-state index contributed by atoms with van der Waals surface area (Å²) in [6.07, 6.45) is 0. The van der Waals surface area contributed by atoms with Crippen LogP contribution in [0.2, 0.25) is 10.0 Å². The average Bonchev–Trinajstić information content (AvgIpc) is 2.48. The fraction of sp³-hybridized carbons (Fsp3) is 0.125. The van der Waals surface area contributed by atoms with Gasteiger partial charge >= 0.3 is 0 Å². The molecule has 0 saturated heterocycles. The Morgan fingerprint density at radius 2 is 1.73 bits per heavy atom. The van der Waals surface area contributed by atoms with Crippen molar-refractivity contribution >= 4 is 40.7 Å². The molecule has 2 rings (SSSR count). The highest BCUT2D eigenvalue weighted by atomic mass is 35.5. The number of benzene rings is 2. The zero-order valence-electron chi connectivity index (χ0n) is 12.1. The largest absolute Gasteiger partial charge is 0.345 e. The summed E-state index contributed by atoms with van der Waals surface area (Å²) in [7, 11) is 3.31. The van der Waals surface area contributed by atoms with Crippen LogP contribution in [0.3, 0.4) is 0 Å². The van der Waals surface area contributed by atoms with Gasteiger partial charge in [0.25, 0.3) is 11.8 Å². The number of nitrogens with one attached hydrogen (secondary N) is 1. The maximum Gasteiger partial charge on any atom is 0.255 e. The lowest BCUT2D eigenvalue weighted by Gasteiger charge is -2.13. The van der Waals surface area contributed by atoms with Crippen molar-refractivity contribution in [3.63, 3.8) is 0 Å². The number of anilines is 1. The van der Waals surface area contributed by atoms with Crippen molar-refractivity contribution in [2.24, 2.45) is 0 Å². The summed E-state index contributed by atoms with van der Waals surface area (Å²) in [5.74, 6) is -0.520. The van der Waals surface area contributed by atoms with E-state index in [-0.39, 0.29) is 11.8 Å². The number of nitrogens with zero attached hydrogens (tertiary/aromatic N) is 1. The minimum absolute atomic E-state index is 0.171. The number of rotatable bonds is 3. The van der Waals surface area contributed by atoms with Gasteiger partial charge in [0.15, 0.2) is 0 Å². The number of halogens is 2. The number of carbonyl (C=O) groups is 2. The molecule has 0 atom stereocenters. The van der Waals surface area contributed by atoms with Crippen LogP contribution in [0.15, 0.2) is 42.5 Å². The molecule has 22 heavy (non-hydrogen) atoms. The number of amides is 2. The first-order valence-electron chi connectivity index (χ1n) is 6.46. The number of carbonyl (C=O) groups excluding carboxylic acids is 2. The molecule has 0 aliphatic rings. The molecule has 0 bridgehead atoms. The maximum absolute atomic E-state index is 12.2. The molecule has 6 heteroatoms. The van der Waals surface area contributed by atoms with E-state index in [0.717, 1.165) is 0 Å². The first kappa shape index (κ1) is 16.3. The molecule has 0 aliphatic carbocycles. The lowest BCUT2D eigenvalue weighted by Crippen LogP contribution is -2.22. The molecule has 0 heterocycles. The third kappa shape index (κ3) is 3.78. The van der Waals surface area contributed by atoms with Gasteiger partial charge < -0.3 is 10.2 Å². The van der Waals surface area contributed by atoms with Gasteiger partial charge in [-0.15, -0.1) is 0 Å². The predicted molar refractivity (Wildman–Crippen MR) is 88.9 cm³/mol. The molecule has 4 nitrogen and oxygen atoms in total. The molecular formula is C16H14Cl2N2O2. The van der Waals surface area contributed by atoms with Gasteiger partial charge in [0, 0.05) is 30.2 Å². The Balaban J connectivity index is 2.27. The van der Waals surface area contributed by atoms with Crippen molar-refractivity contribution in [2.75, 3.05) is 19.4 Å². The first-order valence-corrected chi connectivity index (χ1v) is 7.22. The molecule has 114 valence electrons. The summed E-state index contributed by atoms with van der Waals surface area (Å²) in [5.41, 5.74) is 1.23. The van der Waals surface area contributed by atoms with Gasteiger partial charge in [0.2, 0.25) is 0 Å². The molecule has 0 unspecified atom stereocenters. The lowest BCUT2D eigenvalue weighted by atomic mass is 10.1. The topological polar surface area (TPSA) is 49.4 Å². The standard InChI is InChI=1S/C16H14Cl2N2O2/c1-20(2)16(22)11-6-7-13(18)14(9-11)19-15(21)10-4-3-5-12(17)8-10/h3-9H,1-2H3,(H,19,21). The van der Waals surface area contributed by atoms with E-state index in [4.69, 9.17) is 23.2 Å². The fourth-order valence-electron chi connectivity index (χ4n) is 1.84. The Morgan fingerprint density at radius 3 is 2.36 bits per heavy atom. The molecule has 0 aromatic heterocycles. The van der Waals surface area contributed by atoms with Crippen LogP contribution in [0.25, 0.3) is 0 Å². The van der Waals surface area contributed by atoms with Crippen molar-refractivity contribution in [3.8, 4) is 0 Å². The normalized spacial score (nSPS) is 10.2. The van der Waals surface area contributed by atoms with E-state index in [1.807, 2.05) is 0 Å². The molecule has 0 fully saturated rings. The Hall–Kier alpha value is -2.04. The van der Waals surface area contributed by atoms with Crippen LogP contribution in [0.5, 0.6) is 0 Å². The van der Waals surface area contributed by atoms with Crippen molar-refractivity contribution in [2.45, 2.75) is 0 Å². The molecule has 0 radical (unpaired) electrons. The minimum Gasteiger partial charge on any atom is -0.345 e. The summed E-state index contributed by atoms with van der Waals surface area (Å²) in [6, 6.07) is 11.3. The summed E-state index contributed by atoms with van der Waals surface area (Å²) in [6.45, 7) is 0. The molecule has 2 amide bonds. The first-order chi connectivity index (χ1) is 10.4. The van der Waals surface area contributed by atoms with Crippen molar-refractivity contribution < 1.29 is 9.59 Å². The quantitative estimate of drug-likeness (QED) is 0.922. The van der Waals surface area contributed by atoms with Crippen LogP contribution in [0.1, 0.15) is 20.7 Å². The van der Waals surface area contributed by atoms with E-state index in [2.05, 4.69) is 5.32 Å². The van der Waals surface area contributed by atoms with E-state index < -0.39 is 0 Å². The van der Waals surface area contributed by atoms with Gasteiger partial charge in [0.1, 0.15) is 0 Å². The van der Waals surface area contributed by atoms with Gasteiger partial charge in [0.05, 0.1) is 10.7 Å². The minimum atomic E-state index is -0.348. The molecule has 0 saturated carbocycles. The van der Waals surface area contributed by atoms with Crippen molar-refractivity contribution in [1.29, 1.82) is 0 Å². The van der Waals surface area contributed by atoms with Crippen LogP contribution in [-0.2, 0) is 0 Å². The molecule has 2 aromatic rings. The second-order valence-corrected chi connectivity index (χ2v) is 5.70. The Morgan fingerprint density at radius 1 is 1.00 bits per heavy atom. The number of hydrogen-bond acceptors (Lipinski definition) is 2. The van der Waals surface area contributed by atoms with E-state index in [1.54, 1.807) is 56.6 Å². The molecule has 2 aromatic carbocycles. The van der Waals surface area contributed by atoms with Crippen LogP contribution >= 0.6 is 23.2 Å². The van der Waals surface area contributed by atoms with Gasteiger partial charge in [-0.1, -0.05) is 29.3 Å². The third-order valence-electron chi connectivity index (χ3n) is 2.95. The average molecular weight is 337 g/mol. The second kappa shape index (κ2) is 6.81. The van der Waals surface area contributed by atoms with E-state index in [1.165, 1.54) is 4.90 Å². The van der Waals surface area contributed by atoms with Crippen LogP contribution in [0, 0.1) is 0 Å². The third-order valence-corrected chi connectivity index (χ3v) is 3.52. The van der Waals surface area contributed by atoms with Gasteiger partial charge in [-0.3, -0.25) is 9.59 Å². The molecule has 0 aliphatic heterocycles. The van der Waals surface area contributed by atoms with Crippen LogP contribution in [0.4, 0.5) is 5.69 Å². The van der Waals surface area contributed by atoms with Crippen LogP contribution < -0.4 is 5.32 Å². The molecular weight excluding hydrogens is 323 g/mol. The summed E-state index contributed by atoms with van der Waals surface area (Å²) >= 11 is 11.9. The number of hydrogen-bond donors (Lipinski definition) is 1. The van der Waals surface area contributed by atoms with Crippen molar-refractivity contribution in [1.82, 2.24) is 4.90 Å². The van der Waals surface area contributed by atoms with Gasteiger partial charge in [-0.2, -0.15) is 0 Å². The van der Waals surface area contributed by atoms with E-state index in [9.17, 15) is 9.59 Å². The summed E-state index contributed by atoms with van der Waals surface area (Å²) in [5, 5.41) is 3.51. The zero-order chi connectivity index (χ0) is 16.3. The SMILES string of the molecule is CN(C)C(=O)c1ccc(Cl)c(NC(=O)c2cccc(Cl)c2)c1. The Bertz CT molecular complexity index is 730. The summed E-state index contributed by atoms with van der Waals surface area (Å²) in [4.78, 5) is 25.6. The fourth-order valence-corrected chi connectivity index (χ4v) is 2.19. The van der Waals surface area contributed by atoms with Gasteiger partial charge in [-0.05, 0) is 36.4 Å². The highest BCUT2D eigenvalue weighted by Gasteiger charge is 2.13. The van der Waals surface area contributed by atoms with Crippen molar-refractivity contribution in [3.05, 3.63) is 63.6 Å². The highest BCUT2D eigenvalue weighted by Crippen LogP contribution is 2.24. The zero-order valence-corrected chi connectivity index (χ0v) is 13.6. The monoisotopic (exact) mass is 336 g/mol. The predicted octanol–water partition coefficient (Wildman–Crippen LogP) is 3.95. The van der Waals surface area contributed by atoms with E-state index >= 15 is 0 Å². The maximum atomic E-state index is 12.2.